The van der Waals surface area contributed by atoms with Crippen molar-refractivity contribution in [3.63, 3.8) is 0 Å². The van der Waals surface area contributed by atoms with Crippen molar-refractivity contribution in [3.8, 4) is 0 Å². The molecule has 0 unspecified atom stereocenters. The summed E-state index contributed by atoms with van der Waals surface area (Å²) in [6, 6.07) is 15.4. The van der Waals surface area contributed by atoms with Gasteiger partial charge in [-0.3, -0.25) is 9.59 Å². The molecule has 3 rings (SSSR count). The van der Waals surface area contributed by atoms with Gasteiger partial charge in [0.05, 0.1) is 34.0 Å². The highest BCUT2D eigenvalue weighted by atomic mass is 35.5. The molecule has 0 spiro atoms. The number of anilines is 3. The van der Waals surface area contributed by atoms with E-state index < -0.39 is 23.4 Å². The summed E-state index contributed by atoms with van der Waals surface area (Å²) in [4.78, 5) is 52.4. The summed E-state index contributed by atoms with van der Waals surface area (Å²) in [5, 5.41) is 8.38. The number of hydrogen-bond donors (Lipinski definition) is 3. The van der Waals surface area contributed by atoms with Gasteiger partial charge in [0, 0.05) is 25.5 Å². The van der Waals surface area contributed by atoms with Gasteiger partial charge in [-0.25, -0.2) is 9.59 Å². The summed E-state index contributed by atoms with van der Waals surface area (Å²) in [5.74, 6) is -1.53. The highest BCUT2D eigenvalue weighted by Crippen LogP contribution is 2.29. The second-order valence-corrected chi connectivity index (χ2v) is 9.82. The number of ketones is 1. The molecule has 3 aromatic carbocycles. The van der Waals surface area contributed by atoms with Crippen molar-refractivity contribution in [2.75, 3.05) is 36.7 Å². The van der Waals surface area contributed by atoms with E-state index in [1.165, 1.54) is 26.2 Å². The molecule has 0 fully saturated rings. The van der Waals surface area contributed by atoms with Crippen LogP contribution in [0.3, 0.4) is 0 Å². The predicted molar refractivity (Wildman–Crippen MR) is 153 cm³/mol. The highest BCUT2D eigenvalue weighted by Gasteiger charge is 2.35. The first-order valence-electron chi connectivity index (χ1n) is 11.7. The van der Waals surface area contributed by atoms with Gasteiger partial charge in [-0.2, -0.15) is 0 Å². The second kappa shape index (κ2) is 12.2. The maximum Gasteiger partial charge on any atom is 0.340 e. The van der Waals surface area contributed by atoms with Crippen LogP contribution in [-0.2, 0) is 15.1 Å². The summed E-state index contributed by atoms with van der Waals surface area (Å²) < 4.78 is 4.84. The largest absolute Gasteiger partial charge is 0.465 e. The maximum absolute atomic E-state index is 13.0. The summed E-state index contributed by atoms with van der Waals surface area (Å²) in [5.41, 5.74) is 0.774. The number of nitrogens with one attached hydrogen (secondary N) is 3. The van der Waals surface area contributed by atoms with Crippen LogP contribution in [0.4, 0.5) is 21.9 Å². The number of hydrogen-bond acceptors (Lipinski definition) is 6. The van der Waals surface area contributed by atoms with E-state index in [1.807, 2.05) is 19.0 Å². The van der Waals surface area contributed by atoms with E-state index in [0.717, 1.165) is 5.69 Å². The van der Waals surface area contributed by atoms with Crippen LogP contribution in [0.2, 0.25) is 10.0 Å². The lowest BCUT2D eigenvalue weighted by Crippen LogP contribution is -2.48. The maximum atomic E-state index is 13.0. The van der Waals surface area contributed by atoms with Crippen LogP contribution in [0.25, 0.3) is 0 Å². The Hall–Kier alpha value is -4.08. The van der Waals surface area contributed by atoms with Gasteiger partial charge in [-0.05, 0) is 61.9 Å². The Kier molecular flexibility index (Phi) is 9.21. The van der Waals surface area contributed by atoms with Crippen LogP contribution in [0.15, 0.2) is 60.7 Å². The number of carbonyl (C=O) groups excluding carboxylic acids is 4. The van der Waals surface area contributed by atoms with Gasteiger partial charge in [-0.15, -0.1) is 0 Å². The molecule has 0 aliphatic heterocycles. The lowest BCUT2D eigenvalue weighted by atomic mass is 9.87. The van der Waals surface area contributed by atoms with Gasteiger partial charge >= 0.3 is 12.0 Å². The van der Waals surface area contributed by atoms with Crippen molar-refractivity contribution >= 4 is 64.0 Å². The molecule has 0 heterocycles. The van der Waals surface area contributed by atoms with Crippen molar-refractivity contribution < 1.29 is 23.9 Å². The molecule has 3 N–H and O–H groups in total. The monoisotopic (exact) mass is 570 g/mol. The van der Waals surface area contributed by atoms with Gasteiger partial charge in [0.15, 0.2) is 5.78 Å². The minimum absolute atomic E-state index is 0.0632. The van der Waals surface area contributed by atoms with Crippen molar-refractivity contribution in [3.05, 3.63) is 87.4 Å². The van der Waals surface area contributed by atoms with Crippen molar-refractivity contribution in [2.24, 2.45) is 0 Å². The lowest BCUT2D eigenvalue weighted by Gasteiger charge is -2.29. The molecule has 3 aromatic rings. The van der Waals surface area contributed by atoms with Crippen LogP contribution in [0.1, 0.15) is 40.1 Å². The number of halogens is 2. The van der Waals surface area contributed by atoms with Crippen LogP contribution < -0.4 is 20.9 Å². The van der Waals surface area contributed by atoms with E-state index in [-0.39, 0.29) is 32.6 Å². The zero-order valence-electron chi connectivity index (χ0n) is 22.0. The topological polar surface area (TPSA) is 117 Å². The molecule has 0 saturated heterocycles. The Morgan fingerprint density at radius 1 is 0.897 bits per heavy atom. The van der Waals surface area contributed by atoms with Crippen molar-refractivity contribution in [1.29, 1.82) is 0 Å². The van der Waals surface area contributed by atoms with Crippen LogP contribution in [0, 0.1) is 0 Å². The van der Waals surface area contributed by atoms with E-state index in [4.69, 9.17) is 27.9 Å². The molecule has 0 saturated carbocycles. The van der Waals surface area contributed by atoms with E-state index in [2.05, 4.69) is 16.0 Å². The molecule has 39 heavy (non-hydrogen) atoms. The molecular weight excluding hydrogens is 543 g/mol. The molecule has 0 aliphatic carbocycles. The second-order valence-electron chi connectivity index (χ2n) is 9.00. The summed E-state index contributed by atoms with van der Waals surface area (Å²) >= 11 is 12.3. The number of ether oxygens (including phenoxy) is 1. The predicted octanol–water partition coefficient (Wildman–Crippen LogP) is 5.72. The van der Waals surface area contributed by atoms with E-state index in [0.29, 0.717) is 11.3 Å². The smallest absolute Gasteiger partial charge is 0.340 e. The number of amides is 3. The van der Waals surface area contributed by atoms with Crippen LogP contribution in [-0.4, -0.2) is 44.9 Å². The Morgan fingerprint density at radius 3 is 2.05 bits per heavy atom. The fourth-order valence-corrected chi connectivity index (χ4v) is 4.31. The zero-order valence-corrected chi connectivity index (χ0v) is 23.5. The number of urea groups is 1. The zero-order chi connectivity index (χ0) is 28.9. The van der Waals surface area contributed by atoms with Gasteiger partial charge in [0.1, 0.15) is 5.54 Å². The summed E-state index contributed by atoms with van der Waals surface area (Å²) in [6.45, 7) is 2.92. The summed E-state index contributed by atoms with van der Waals surface area (Å²) in [7, 11) is 4.92. The number of methoxy groups -OCH3 is 1. The van der Waals surface area contributed by atoms with E-state index in [1.54, 1.807) is 55.5 Å². The first-order valence-corrected chi connectivity index (χ1v) is 12.5. The number of rotatable bonds is 8. The number of carbonyl (C=O) groups is 4. The van der Waals surface area contributed by atoms with Crippen LogP contribution in [0.5, 0.6) is 0 Å². The molecule has 3 amide bonds. The fourth-order valence-electron chi connectivity index (χ4n) is 3.74. The molecule has 0 aromatic heterocycles. The van der Waals surface area contributed by atoms with Crippen molar-refractivity contribution in [2.45, 2.75) is 19.4 Å². The SMILES string of the molecule is COC(=O)c1cc(N(C)C)ccc1NC(=O)Nc1ccc([C@](C)(NC(=O)c2c(Cl)cccc2Cl)C(C)=O)cc1. The summed E-state index contributed by atoms with van der Waals surface area (Å²) in [6.07, 6.45) is 0. The third kappa shape index (κ3) is 6.68. The molecular formula is C28H28Cl2N4O5. The van der Waals surface area contributed by atoms with Gasteiger partial charge < -0.3 is 25.6 Å². The average molecular weight is 571 g/mol. The number of benzene rings is 3. The molecule has 0 bridgehead atoms. The first-order chi connectivity index (χ1) is 18.4. The average Bonchev–Trinajstić information content (AvgIpc) is 2.88. The normalized spacial score (nSPS) is 12.1. The molecule has 11 heteroatoms. The first kappa shape index (κ1) is 29.5. The highest BCUT2D eigenvalue weighted by molar-refractivity contribution is 6.39. The number of esters is 1. The van der Waals surface area contributed by atoms with Gasteiger partial charge in [0.25, 0.3) is 5.91 Å². The van der Waals surface area contributed by atoms with Crippen LogP contribution >= 0.6 is 23.2 Å². The Balaban J connectivity index is 1.78. The molecule has 0 radical (unpaired) electrons. The van der Waals surface area contributed by atoms with Gasteiger partial charge in [-0.1, -0.05) is 41.4 Å². The van der Waals surface area contributed by atoms with Crippen molar-refractivity contribution in [1.82, 2.24) is 5.32 Å². The minimum atomic E-state index is -1.40. The van der Waals surface area contributed by atoms with E-state index in [9.17, 15) is 19.2 Å². The standard InChI is InChI=1S/C28H28Cl2N4O5/c1-16(35)28(2,33-25(36)24-21(29)7-6-8-22(24)30)17-9-11-18(12-10-17)31-27(38)32-23-14-13-19(34(3)4)15-20(23)26(37)39-5/h6-15H,1-5H3,(H,33,36)(H2,31,32,38)/t28-/m1/s1. The number of nitrogens with zero attached hydrogens (tertiary/aromatic N) is 1. The number of Topliss-reactive ketones (excluding diaryl/α,β-unsaturated/α-hetero) is 1. The Morgan fingerprint density at radius 2 is 1.51 bits per heavy atom. The molecule has 0 aliphatic rings. The van der Waals surface area contributed by atoms with Gasteiger partial charge in [0.2, 0.25) is 0 Å². The molecule has 204 valence electrons. The molecule has 9 nitrogen and oxygen atoms in total. The quantitative estimate of drug-likeness (QED) is 0.298. The fraction of sp³-hybridized carbons (Fsp3) is 0.214. The minimum Gasteiger partial charge on any atom is -0.465 e. The lowest BCUT2D eigenvalue weighted by molar-refractivity contribution is -0.122. The van der Waals surface area contributed by atoms with E-state index >= 15 is 0 Å². The molecule has 1 atom stereocenters. The Labute approximate surface area is 236 Å². The Bertz CT molecular complexity index is 1410. The third-order valence-corrected chi connectivity index (χ3v) is 6.78. The third-order valence-electron chi connectivity index (χ3n) is 6.15.